The number of nitro groups is 1. The number of rotatable bonds is 1. The highest BCUT2D eigenvalue weighted by atomic mass is 16.6. The Balaban J connectivity index is 2.48. The second-order valence-corrected chi connectivity index (χ2v) is 3.83. The van der Waals surface area contributed by atoms with Gasteiger partial charge in [-0.2, -0.15) is 0 Å². The van der Waals surface area contributed by atoms with Gasteiger partial charge >= 0.3 is 5.69 Å². The van der Waals surface area contributed by atoms with Crippen LogP contribution in [0.25, 0.3) is 0 Å². The number of pyridine rings is 1. The summed E-state index contributed by atoms with van der Waals surface area (Å²) >= 11 is 0. The molecule has 0 unspecified atom stereocenters. The Kier molecular flexibility index (Phi) is 2.53. The lowest BCUT2D eigenvalue weighted by Crippen LogP contribution is -2.36. The van der Waals surface area contributed by atoms with Crippen molar-refractivity contribution in [2.75, 3.05) is 0 Å². The van der Waals surface area contributed by atoms with E-state index in [1.807, 2.05) is 0 Å². The fourth-order valence-electron chi connectivity index (χ4n) is 2.03. The summed E-state index contributed by atoms with van der Waals surface area (Å²) in [4.78, 5) is 10.1. The summed E-state index contributed by atoms with van der Waals surface area (Å²) in [5.41, 5.74) is 1.68. The van der Waals surface area contributed by atoms with Gasteiger partial charge in [0.15, 0.2) is 0 Å². The van der Waals surface area contributed by atoms with E-state index in [4.69, 9.17) is 0 Å². The Hall–Kier alpha value is -1.65. The van der Waals surface area contributed by atoms with E-state index >= 15 is 0 Å². The molecule has 80 valence electrons. The standard InChI is InChI=1S/C10H13N2O3/c13-11-7-9(12(14)15)6-8-4-2-1-3-5-10(8)11/h6-7,13H,1-5H2/q+1. The summed E-state index contributed by atoms with van der Waals surface area (Å²) in [7, 11) is 0. The van der Waals surface area contributed by atoms with Crippen LogP contribution in [-0.2, 0) is 12.8 Å². The van der Waals surface area contributed by atoms with Crippen molar-refractivity contribution in [3.63, 3.8) is 0 Å². The van der Waals surface area contributed by atoms with E-state index in [9.17, 15) is 15.3 Å². The molecule has 1 aromatic rings. The van der Waals surface area contributed by atoms with E-state index < -0.39 is 4.92 Å². The van der Waals surface area contributed by atoms with Crippen LogP contribution in [0.4, 0.5) is 5.69 Å². The topological polar surface area (TPSA) is 67.2 Å². The van der Waals surface area contributed by atoms with Crippen molar-refractivity contribution in [2.24, 2.45) is 0 Å². The third-order valence-corrected chi connectivity index (χ3v) is 2.79. The highest BCUT2D eigenvalue weighted by molar-refractivity contribution is 5.31. The Morgan fingerprint density at radius 2 is 2.07 bits per heavy atom. The largest absolute Gasteiger partial charge is 0.337 e. The van der Waals surface area contributed by atoms with E-state index in [1.54, 1.807) is 6.07 Å². The molecule has 1 aliphatic rings. The van der Waals surface area contributed by atoms with Crippen molar-refractivity contribution >= 4 is 5.69 Å². The fourth-order valence-corrected chi connectivity index (χ4v) is 2.03. The molecular weight excluding hydrogens is 196 g/mol. The minimum absolute atomic E-state index is 0.0434. The minimum atomic E-state index is -0.474. The van der Waals surface area contributed by atoms with E-state index in [1.165, 1.54) is 6.20 Å². The maximum Gasteiger partial charge on any atom is 0.337 e. The average molecular weight is 209 g/mol. The highest BCUT2D eigenvalue weighted by Crippen LogP contribution is 2.21. The Morgan fingerprint density at radius 1 is 1.33 bits per heavy atom. The molecule has 1 aromatic heterocycles. The highest BCUT2D eigenvalue weighted by Gasteiger charge is 2.24. The van der Waals surface area contributed by atoms with Crippen LogP contribution >= 0.6 is 0 Å². The average Bonchev–Trinajstić information content (AvgIpc) is 2.42. The molecule has 2 rings (SSSR count). The molecule has 1 N–H and O–H groups in total. The molecule has 1 aliphatic carbocycles. The number of hydrogen-bond acceptors (Lipinski definition) is 3. The molecule has 0 atom stereocenters. The summed E-state index contributed by atoms with van der Waals surface area (Å²) in [6.07, 6.45) is 5.97. The number of aryl methyl sites for hydroxylation is 1. The lowest BCUT2D eigenvalue weighted by atomic mass is 10.1. The second-order valence-electron chi connectivity index (χ2n) is 3.83. The zero-order chi connectivity index (χ0) is 10.8. The van der Waals surface area contributed by atoms with E-state index in [-0.39, 0.29) is 5.69 Å². The molecule has 0 amide bonds. The van der Waals surface area contributed by atoms with Crippen molar-refractivity contribution in [1.82, 2.24) is 0 Å². The fraction of sp³-hybridized carbons (Fsp3) is 0.500. The lowest BCUT2D eigenvalue weighted by Gasteiger charge is -1.99. The van der Waals surface area contributed by atoms with Gasteiger partial charge in [0, 0.05) is 22.8 Å². The van der Waals surface area contributed by atoms with Crippen LogP contribution in [0.1, 0.15) is 30.5 Å². The molecule has 0 aliphatic heterocycles. The van der Waals surface area contributed by atoms with Crippen molar-refractivity contribution in [3.8, 4) is 0 Å². The minimum Gasteiger partial charge on any atom is -0.285 e. The van der Waals surface area contributed by atoms with Crippen molar-refractivity contribution < 1.29 is 14.9 Å². The Labute approximate surface area is 87.1 Å². The predicted molar refractivity (Wildman–Crippen MR) is 51.7 cm³/mol. The van der Waals surface area contributed by atoms with Crippen LogP contribution in [-0.4, -0.2) is 10.1 Å². The molecule has 0 radical (unpaired) electrons. The Morgan fingerprint density at radius 3 is 2.80 bits per heavy atom. The van der Waals surface area contributed by atoms with Gasteiger partial charge in [-0.15, -0.1) is 0 Å². The van der Waals surface area contributed by atoms with Gasteiger partial charge in [-0.05, 0) is 19.3 Å². The molecule has 0 saturated carbocycles. The summed E-state index contributed by atoms with van der Waals surface area (Å²) < 4.78 is 0.915. The summed E-state index contributed by atoms with van der Waals surface area (Å²) in [6.45, 7) is 0. The van der Waals surface area contributed by atoms with E-state index in [0.717, 1.165) is 48.1 Å². The van der Waals surface area contributed by atoms with Crippen LogP contribution in [0.2, 0.25) is 0 Å². The SMILES string of the molecule is O=[N+]([O-])c1cc2c([n+](O)c1)CCCCC2. The molecule has 5 heteroatoms. The van der Waals surface area contributed by atoms with Gasteiger partial charge in [0.1, 0.15) is 0 Å². The molecule has 1 heterocycles. The maximum absolute atomic E-state index is 10.6. The van der Waals surface area contributed by atoms with Crippen LogP contribution in [0.15, 0.2) is 12.3 Å². The smallest absolute Gasteiger partial charge is 0.285 e. The Bertz CT molecular complexity index is 404. The molecule has 0 aromatic carbocycles. The number of hydrogen-bond donors (Lipinski definition) is 1. The summed E-state index contributed by atoms with van der Waals surface area (Å²) in [5.74, 6) is 0. The third-order valence-electron chi connectivity index (χ3n) is 2.79. The summed E-state index contributed by atoms with van der Waals surface area (Å²) in [5, 5.41) is 20.2. The summed E-state index contributed by atoms with van der Waals surface area (Å²) in [6, 6.07) is 1.58. The zero-order valence-electron chi connectivity index (χ0n) is 8.35. The molecule has 15 heavy (non-hydrogen) atoms. The van der Waals surface area contributed by atoms with Gasteiger partial charge in [-0.3, -0.25) is 15.3 Å². The normalized spacial score (nSPS) is 15.5. The quantitative estimate of drug-likeness (QED) is 0.250. The van der Waals surface area contributed by atoms with Gasteiger partial charge in [0.2, 0.25) is 5.69 Å². The van der Waals surface area contributed by atoms with Gasteiger partial charge < -0.3 is 0 Å². The van der Waals surface area contributed by atoms with Crippen LogP contribution in [0.3, 0.4) is 0 Å². The first-order chi connectivity index (χ1) is 7.18. The molecule has 0 spiro atoms. The first-order valence-corrected chi connectivity index (χ1v) is 5.09. The van der Waals surface area contributed by atoms with Gasteiger partial charge in [-0.25, -0.2) is 0 Å². The van der Waals surface area contributed by atoms with Crippen molar-refractivity contribution in [2.45, 2.75) is 32.1 Å². The van der Waals surface area contributed by atoms with Crippen LogP contribution < -0.4 is 4.73 Å². The molecule has 0 bridgehead atoms. The molecular formula is C10H13N2O3+. The van der Waals surface area contributed by atoms with Crippen molar-refractivity contribution in [3.05, 3.63) is 33.6 Å². The van der Waals surface area contributed by atoms with Gasteiger partial charge in [0.05, 0.1) is 4.92 Å². The predicted octanol–water partition coefficient (Wildman–Crippen LogP) is 1.39. The van der Waals surface area contributed by atoms with Gasteiger partial charge in [-0.1, -0.05) is 6.42 Å². The number of nitrogens with zero attached hydrogens (tertiary/aromatic N) is 2. The molecule has 5 nitrogen and oxygen atoms in total. The van der Waals surface area contributed by atoms with Crippen molar-refractivity contribution in [1.29, 1.82) is 0 Å². The molecule has 0 fully saturated rings. The van der Waals surface area contributed by atoms with Crippen LogP contribution in [0.5, 0.6) is 0 Å². The van der Waals surface area contributed by atoms with E-state index in [0.29, 0.717) is 0 Å². The van der Waals surface area contributed by atoms with E-state index in [2.05, 4.69) is 0 Å². The molecule has 0 saturated heterocycles. The number of aromatic nitrogens is 1. The first kappa shape index (κ1) is 9.89. The third kappa shape index (κ3) is 1.91. The van der Waals surface area contributed by atoms with Crippen LogP contribution in [0, 0.1) is 10.1 Å². The lowest BCUT2D eigenvalue weighted by molar-refractivity contribution is -0.910. The van der Waals surface area contributed by atoms with Gasteiger partial charge in [0.25, 0.3) is 6.20 Å². The first-order valence-electron chi connectivity index (χ1n) is 5.09. The monoisotopic (exact) mass is 209 g/mol. The maximum atomic E-state index is 10.6. The second kappa shape index (κ2) is 3.84. The number of fused-ring (bicyclic) bond motifs is 1. The zero-order valence-corrected chi connectivity index (χ0v) is 8.35.